The third-order valence-corrected chi connectivity index (χ3v) is 8.02. The minimum Gasteiger partial charge on any atom is -0.348 e. The van der Waals surface area contributed by atoms with Crippen LogP contribution in [0.15, 0.2) is 77.7 Å². The van der Waals surface area contributed by atoms with Crippen molar-refractivity contribution in [1.82, 2.24) is 5.32 Å². The second-order valence-corrected chi connectivity index (χ2v) is 10.6. The molecule has 172 valence electrons. The molecule has 1 N–H and O–H groups in total. The van der Waals surface area contributed by atoms with Gasteiger partial charge in [0.1, 0.15) is 6.54 Å². The smallest absolute Gasteiger partial charge is 0.264 e. The highest BCUT2D eigenvalue weighted by molar-refractivity contribution is 7.92. The van der Waals surface area contributed by atoms with E-state index in [1.807, 2.05) is 6.92 Å². The van der Waals surface area contributed by atoms with Crippen LogP contribution in [-0.2, 0) is 27.7 Å². The summed E-state index contributed by atoms with van der Waals surface area (Å²) in [6.45, 7) is 1.59. The summed E-state index contributed by atoms with van der Waals surface area (Å²) in [7, 11) is -3.96. The molecule has 0 bridgehead atoms. The first-order valence-corrected chi connectivity index (χ1v) is 12.9. The maximum Gasteiger partial charge on any atom is 0.264 e. The molecule has 4 rings (SSSR count). The van der Waals surface area contributed by atoms with E-state index in [1.54, 1.807) is 30.3 Å². The van der Waals surface area contributed by atoms with Crippen LogP contribution in [0, 0.1) is 0 Å². The SMILES string of the molecule is C[C@H](NC(=O)CN(c1ccccc1)S(=O)(=O)c1ccc(Cl)cc1)c1ccc2c(c1)CCCC2. The van der Waals surface area contributed by atoms with Crippen molar-refractivity contribution >= 4 is 33.2 Å². The summed E-state index contributed by atoms with van der Waals surface area (Å²) in [6.07, 6.45) is 4.57. The Morgan fingerprint density at radius 1 is 0.970 bits per heavy atom. The lowest BCUT2D eigenvalue weighted by atomic mass is 9.89. The largest absolute Gasteiger partial charge is 0.348 e. The van der Waals surface area contributed by atoms with Gasteiger partial charge in [-0.3, -0.25) is 9.10 Å². The van der Waals surface area contributed by atoms with Gasteiger partial charge >= 0.3 is 0 Å². The number of nitrogens with zero attached hydrogens (tertiary/aromatic N) is 1. The topological polar surface area (TPSA) is 66.5 Å². The Kier molecular flexibility index (Phi) is 7.05. The van der Waals surface area contributed by atoms with Crippen molar-refractivity contribution in [3.63, 3.8) is 0 Å². The minimum absolute atomic E-state index is 0.0753. The number of fused-ring (bicyclic) bond motifs is 1. The highest BCUT2D eigenvalue weighted by Crippen LogP contribution is 2.26. The van der Waals surface area contributed by atoms with Gasteiger partial charge in [0.25, 0.3) is 10.0 Å². The molecule has 1 aliphatic rings. The zero-order chi connectivity index (χ0) is 23.4. The Morgan fingerprint density at radius 2 is 1.64 bits per heavy atom. The summed E-state index contributed by atoms with van der Waals surface area (Å²) in [5, 5.41) is 3.41. The van der Waals surface area contributed by atoms with Crippen LogP contribution in [0.4, 0.5) is 5.69 Å². The molecule has 3 aromatic rings. The van der Waals surface area contributed by atoms with Crippen LogP contribution in [0.3, 0.4) is 0 Å². The number of anilines is 1. The van der Waals surface area contributed by atoms with E-state index in [0.717, 1.165) is 22.7 Å². The zero-order valence-corrected chi connectivity index (χ0v) is 20.1. The van der Waals surface area contributed by atoms with Gasteiger partial charge in [0.2, 0.25) is 5.91 Å². The normalized spacial score (nSPS) is 14.2. The van der Waals surface area contributed by atoms with Crippen molar-refractivity contribution in [2.75, 3.05) is 10.8 Å². The van der Waals surface area contributed by atoms with Gasteiger partial charge < -0.3 is 5.32 Å². The summed E-state index contributed by atoms with van der Waals surface area (Å²) in [4.78, 5) is 13.1. The van der Waals surface area contributed by atoms with E-state index in [0.29, 0.717) is 10.7 Å². The third kappa shape index (κ3) is 5.40. The van der Waals surface area contributed by atoms with E-state index >= 15 is 0 Å². The Labute approximate surface area is 200 Å². The summed E-state index contributed by atoms with van der Waals surface area (Å²) in [5.41, 5.74) is 4.17. The van der Waals surface area contributed by atoms with Gasteiger partial charge in [0.05, 0.1) is 16.6 Å². The molecule has 0 aromatic heterocycles. The van der Waals surface area contributed by atoms with E-state index in [4.69, 9.17) is 11.6 Å². The maximum absolute atomic E-state index is 13.4. The third-order valence-electron chi connectivity index (χ3n) is 5.98. The number of para-hydroxylation sites is 1. The first-order chi connectivity index (χ1) is 15.8. The van der Waals surface area contributed by atoms with Crippen LogP contribution >= 0.6 is 11.6 Å². The Bertz CT molecular complexity index is 1230. The van der Waals surface area contributed by atoms with E-state index in [2.05, 4.69) is 23.5 Å². The molecule has 0 saturated heterocycles. The Balaban J connectivity index is 1.55. The molecule has 33 heavy (non-hydrogen) atoms. The Hall–Kier alpha value is -2.83. The zero-order valence-electron chi connectivity index (χ0n) is 18.5. The quantitative estimate of drug-likeness (QED) is 0.497. The molecule has 0 saturated carbocycles. The van der Waals surface area contributed by atoms with Gasteiger partial charge in [-0.2, -0.15) is 0 Å². The molecular weight excluding hydrogens is 456 g/mol. The molecular formula is C26H27ClN2O3S. The first-order valence-electron chi connectivity index (χ1n) is 11.1. The van der Waals surface area contributed by atoms with Gasteiger partial charge in [0, 0.05) is 5.02 Å². The first kappa shape index (κ1) is 23.3. The lowest BCUT2D eigenvalue weighted by Crippen LogP contribution is -2.41. The predicted octanol–water partition coefficient (Wildman–Crippen LogP) is 5.29. The van der Waals surface area contributed by atoms with Crippen LogP contribution in [0.25, 0.3) is 0 Å². The number of carbonyl (C=O) groups excluding carboxylic acids is 1. The summed E-state index contributed by atoms with van der Waals surface area (Å²) in [5.74, 6) is -0.374. The van der Waals surface area contributed by atoms with Gasteiger partial charge in [-0.05, 0) is 85.7 Å². The number of nitrogens with one attached hydrogen (secondary N) is 1. The highest BCUT2D eigenvalue weighted by Gasteiger charge is 2.27. The van der Waals surface area contributed by atoms with Crippen LogP contribution in [0.5, 0.6) is 0 Å². The fourth-order valence-corrected chi connectivity index (χ4v) is 5.71. The number of carbonyl (C=O) groups is 1. The molecule has 0 radical (unpaired) electrons. The fraction of sp³-hybridized carbons (Fsp3) is 0.269. The van der Waals surface area contributed by atoms with Crippen molar-refractivity contribution in [2.45, 2.75) is 43.5 Å². The fourth-order valence-electron chi connectivity index (χ4n) is 4.17. The average molecular weight is 483 g/mol. The van der Waals surface area contributed by atoms with Gasteiger partial charge in [-0.15, -0.1) is 0 Å². The maximum atomic E-state index is 13.4. The van der Waals surface area contributed by atoms with Crippen molar-refractivity contribution in [2.24, 2.45) is 0 Å². The number of halogens is 1. The molecule has 5 nitrogen and oxygen atoms in total. The molecule has 1 aliphatic carbocycles. The lowest BCUT2D eigenvalue weighted by molar-refractivity contribution is -0.120. The predicted molar refractivity (Wildman–Crippen MR) is 132 cm³/mol. The summed E-state index contributed by atoms with van der Waals surface area (Å²) >= 11 is 5.93. The van der Waals surface area contributed by atoms with Crippen LogP contribution in [0.1, 0.15) is 42.5 Å². The van der Waals surface area contributed by atoms with Crippen molar-refractivity contribution < 1.29 is 13.2 Å². The number of sulfonamides is 1. The minimum atomic E-state index is -3.96. The van der Waals surface area contributed by atoms with Crippen molar-refractivity contribution in [1.29, 1.82) is 0 Å². The number of amides is 1. The van der Waals surface area contributed by atoms with Crippen LogP contribution in [-0.4, -0.2) is 20.9 Å². The molecule has 1 amide bonds. The van der Waals surface area contributed by atoms with Gasteiger partial charge in [-0.1, -0.05) is 48.0 Å². The van der Waals surface area contributed by atoms with Crippen LogP contribution < -0.4 is 9.62 Å². The van der Waals surface area contributed by atoms with Crippen LogP contribution in [0.2, 0.25) is 5.02 Å². The molecule has 7 heteroatoms. The van der Waals surface area contributed by atoms with Gasteiger partial charge in [-0.25, -0.2) is 8.42 Å². The molecule has 0 heterocycles. The lowest BCUT2D eigenvalue weighted by Gasteiger charge is -2.25. The summed E-state index contributed by atoms with van der Waals surface area (Å²) in [6, 6.07) is 20.7. The standard InChI is InChI=1S/C26H27ClN2O3S/c1-19(21-12-11-20-7-5-6-8-22(20)17-21)28-26(30)18-29(24-9-3-2-4-10-24)33(31,32)25-15-13-23(27)14-16-25/h2-4,9-17,19H,5-8,18H2,1H3,(H,28,30)/t19-/m0/s1. The molecule has 0 unspecified atom stereocenters. The second kappa shape index (κ2) is 9.98. The average Bonchev–Trinajstić information content (AvgIpc) is 2.83. The van der Waals surface area contributed by atoms with E-state index in [9.17, 15) is 13.2 Å². The number of aryl methyl sites for hydroxylation is 2. The number of benzene rings is 3. The van der Waals surface area contributed by atoms with Crippen molar-refractivity contribution in [3.8, 4) is 0 Å². The number of hydrogen-bond acceptors (Lipinski definition) is 3. The monoisotopic (exact) mass is 482 g/mol. The van der Waals surface area contributed by atoms with E-state index in [1.165, 1.54) is 48.2 Å². The number of rotatable bonds is 7. The molecule has 3 aromatic carbocycles. The van der Waals surface area contributed by atoms with Gasteiger partial charge in [0.15, 0.2) is 0 Å². The molecule has 1 atom stereocenters. The Morgan fingerprint density at radius 3 is 2.33 bits per heavy atom. The molecule has 0 spiro atoms. The van der Waals surface area contributed by atoms with E-state index < -0.39 is 10.0 Å². The number of hydrogen-bond donors (Lipinski definition) is 1. The van der Waals surface area contributed by atoms with Crippen molar-refractivity contribution in [3.05, 3.63) is 94.5 Å². The summed E-state index contributed by atoms with van der Waals surface area (Å²) < 4.78 is 27.9. The van der Waals surface area contributed by atoms with E-state index in [-0.39, 0.29) is 23.4 Å². The second-order valence-electron chi connectivity index (χ2n) is 8.33. The molecule has 0 aliphatic heterocycles. The highest BCUT2D eigenvalue weighted by atomic mass is 35.5. The molecule has 0 fully saturated rings.